The number of rotatable bonds is 17. The monoisotopic (exact) mass is 592 g/mol. The SMILES string of the molecule is Cc1ccc(OCC(F)(F)F)cc1C(=O)NCCCNCCNCCCNC(=O)c1ccccc1OCC(F)(F)F. The highest BCUT2D eigenvalue weighted by atomic mass is 19.4. The van der Waals surface area contributed by atoms with Gasteiger partial charge in [0, 0.05) is 31.7 Å². The van der Waals surface area contributed by atoms with E-state index in [1.807, 2.05) is 0 Å². The second-order valence-electron chi connectivity index (χ2n) is 9.00. The summed E-state index contributed by atoms with van der Waals surface area (Å²) in [6.45, 7) is 2.00. The number of carbonyl (C=O) groups is 2. The lowest BCUT2D eigenvalue weighted by molar-refractivity contribution is -0.154. The smallest absolute Gasteiger partial charge is 0.422 e. The molecule has 4 N–H and O–H groups in total. The number of para-hydroxylation sites is 1. The maximum atomic E-state index is 12.4. The number of ether oxygens (including phenoxy) is 2. The lowest BCUT2D eigenvalue weighted by Crippen LogP contribution is -2.32. The molecule has 0 unspecified atom stereocenters. The van der Waals surface area contributed by atoms with Crippen LogP contribution < -0.4 is 30.7 Å². The van der Waals surface area contributed by atoms with Crippen LogP contribution in [0.4, 0.5) is 26.3 Å². The Hall–Kier alpha value is -3.52. The fourth-order valence-corrected chi connectivity index (χ4v) is 3.49. The maximum Gasteiger partial charge on any atom is 0.422 e. The molecule has 0 aromatic heterocycles. The molecular formula is C27H34F6N4O4. The number of hydrogen-bond donors (Lipinski definition) is 4. The van der Waals surface area contributed by atoms with Crippen molar-refractivity contribution in [2.75, 3.05) is 52.5 Å². The normalized spacial score (nSPS) is 11.7. The summed E-state index contributed by atoms with van der Waals surface area (Å²) in [7, 11) is 0. The van der Waals surface area contributed by atoms with Crippen molar-refractivity contribution < 1.29 is 45.4 Å². The van der Waals surface area contributed by atoms with Gasteiger partial charge in [-0.1, -0.05) is 18.2 Å². The van der Waals surface area contributed by atoms with Gasteiger partial charge in [-0.25, -0.2) is 0 Å². The van der Waals surface area contributed by atoms with Gasteiger partial charge in [0.05, 0.1) is 5.56 Å². The summed E-state index contributed by atoms with van der Waals surface area (Å²) < 4.78 is 83.7. The van der Waals surface area contributed by atoms with E-state index in [4.69, 9.17) is 9.47 Å². The highest BCUT2D eigenvalue weighted by Gasteiger charge is 2.29. The number of hydrogen-bond acceptors (Lipinski definition) is 6. The van der Waals surface area contributed by atoms with Crippen LogP contribution in [-0.2, 0) is 0 Å². The molecule has 0 spiro atoms. The minimum Gasteiger partial charge on any atom is -0.484 e. The van der Waals surface area contributed by atoms with Crippen LogP contribution in [0.3, 0.4) is 0 Å². The molecule has 0 aliphatic carbocycles. The first-order valence-electron chi connectivity index (χ1n) is 12.9. The Bertz CT molecular complexity index is 1110. The van der Waals surface area contributed by atoms with Crippen LogP contribution in [0.2, 0.25) is 0 Å². The molecule has 0 aliphatic rings. The average molecular weight is 593 g/mol. The Morgan fingerprint density at radius 3 is 1.80 bits per heavy atom. The number of nitrogens with one attached hydrogen (secondary N) is 4. The van der Waals surface area contributed by atoms with E-state index in [0.717, 1.165) is 0 Å². The third-order valence-electron chi connectivity index (χ3n) is 5.49. The Kier molecular flexibility index (Phi) is 13.7. The fourth-order valence-electron chi connectivity index (χ4n) is 3.49. The summed E-state index contributed by atoms with van der Waals surface area (Å²) in [6, 6.07) is 9.93. The van der Waals surface area contributed by atoms with Gasteiger partial charge in [0.1, 0.15) is 11.5 Å². The van der Waals surface area contributed by atoms with Crippen molar-refractivity contribution in [2.45, 2.75) is 32.1 Å². The Morgan fingerprint density at radius 2 is 1.22 bits per heavy atom. The first-order valence-corrected chi connectivity index (χ1v) is 12.9. The van der Waals surface area contributed by atoms with Crippen molar-refractivity contribution in [3.05, 3.63) is 59.2 Å². The van der Waals surface area contributed by atoms with Gasteiger partial charge in [-0.3, -0.25) is 9.59 Å². The summed E-state index contributed by atoms with van der Waals surface area (Å²) in [5, 5.41) is 11.8. The molecular weight excluding hydrogens is 558 g/mol. The third kappa shape index (κ3) is 14.1. The summed E-state index contributed by atoms with van der Waals surface area (Å²) in [4.78, 5) is 24.7. The molecule has 0 saturated heterocycles. The Morgan fingerprint density at radius 1 is 0.683 bits per heavy atom. The molecule has 228 valence electrons. The molecule has 2 aromatic rings. The molecule has 2 rings (SSSR count). The predicted molar refractivity (Wildman–Crippen MR) is 140 cm³/mol. The fraction of sp³-hybridized carbons (Fsp3) is 0.481. The first kappa shape index (κ1) is 33.7. The Balaban J connectivity index is 1.53. The van der Waals surface area contributed by atoms with Gasteiger partial charge in [-0.05, 0) is 62.7 Å². The zero-order valence-electron chi connectivity index (χ0n) is 22.5. The van der Waals surface area contributed by atoms with Gasteiger partial charge >= 0.3 is 12.4 Å². The zero-order chi connectivity index (χ0) is 30.3. The van der Waals surface area contributed by atoms with E-state index in [-0.39, 0.29) is 22.6 Å². The molecule has 2 aromatic carbocycles. The van der Waals surface area contributed by atoms with Gasteiger partial charge in [0.15, 0.2) is 13.2 Å². The number of halogens is 6. The summed E-state index contributed by atoms with van der Waals surface area (Å²) in [5.74, 6) is -1.08. The number of benzene rings is 2. The van der Waals surface area contributed by atoms with Gasteiger partial charge < -0.3 is 30.7 Å². The van der Waals surface area contributed by atoms with Crippen LogP contribution in [0.25, 0.3) is 0 Å². The molecule has 0 bridgehead atoms. The average Bonchev–Trinajstić information content (AvgIpc) is 2.91. The molecule has 2 amide bonds. The quantitative estimate of drug-likeness (QED) is 0.164. The van der Waals surface area contributed by atoms with Crippen molar-refractivity contribution >= 4 is 11.8 Å². The Labute approximate surface area is 234 Å². The predicted octanol–water partition coefficient (Wildman–Crippen LogP) is 4.00. The van der Waals surface area contributed by atoms with E-state index in [9.17, 15) is 35.9 Å². The number of alkyl halides is 6. The third-order valence-corrected chi connectivity index (χ3v) is 5.49. The second-order valence-corrected chi connectivity index (χ2v) is 9.00. The first-order chi connectivity index (χ1) is 19.4. The van der Waals surface area contributed by atoms with Gasteiger partial charge in [0.25, 0.3) is 11.8 Å². The maximum absolute atomic E-state index is 12.4. The summed E-state index contributed by atoms with van der Waals surface area (Å²) in [6.07, 6.45) is -7.74. The molecule has 41 heavy (non-hydrogen) atoms. The van der Waals surface area contributed by atoms with Crippen LogP contribution in [0.5, 0.6) is 11.5 Å². The standard InChI is InChI=1S/C27H34F6N4O4/c1-19-8-9-20(40-17-26(28,29)30)16-22(19)25(39)37-13-5-11-35-15-14-34-10-4-12-36-24(38)21-6-2-3-7-23(21)41-18-27(31,32)33/h2-3,6-9,16,34-35H,4-5,10-15,17-18H2,1H3,(H,36,38)(H,37,39). The van der Waals surface area contributed by atoms with Crippen LogP contribution in [-0.4, -0.2) is 76.6 Å². The second kappa shape index (κ2) is 16.7. The van der Waals surface area contributed by atoms with E-state index in [0.29, 0.717) is 57.7 Å². The number of carbonyl (C=O) groups excluding carboxylic acids is 2. The summed E-state index contributed by atoms with van der Waals surface area (Å²) in [5.41, 5.74) is 0.895. The van der Waals surface area contributed by atoms with Crippen molar-refractivity contribution in [2.24, 2.45) is 0 Å². The summed E-state index contributed by atoms with van der Waals surface area (Å²) >= 11 is 0. The van der Waals surface area contributed by atoms with Crippen molar-refractivity contribution in [1.82, 2.24) is 21.3 Å². The molecule has 8 nitrogen and oxygen atoms in total. The van der Waals surface area contributed by atoms with E-state index in [2.05, 4.69) is 21.3 Å². The van der Waals surface area contributed by atoms with Gasteiger partial charge in [-0.2, -0.15) is 26.3 Å². The minimum atomic E-state index is -4.50. The van der Waals surface area contributed by atoms with E-state index in [1.165, 1.54) is 36.4 Å². The van der Waals surface area contributed by atoms with Crippen LogP contribution in [0, 0.1) is 6.92 Å². The molecule has 0 aliphatic heterocycles. The zero-order valence-corrected chi connectivity index (χ0v) is 22.5. The van der Waals surface area contributed by atoms with Crippen molar-refractivity contribution in [1.29, 1.82) is 0 Å². The molecule has 0 radical (unpaired) electrons. The van der Waals surface area contributed by atoms with Crippen molar-refractivity contribution in [3.63, 3.8) is 0 Å². The van der Waals surface area contributed by atoms with E-state index in [1.54, 1.807) is 13.0 Å². The highest BCUT2D eigenvalue weighted by Crippen LogP contribution is 2.23. The number of aryl methyl sites for hydroxylation is 1. The van der Waals surface area contributed by atoms with Gasteiger partial charge in [-0.15, -0.1) is 0 Å². The highest BCUT2D eigenvalue weighted by molar-refractivity contribution is 5.97. The lowest BCUT2D eigenvalue weighted by atomic mass is 10.1. The topological polar surface area (TPSA) is 101 Å². The molecule has 0 heterocycles. The largest absolute Gasteiger partial charge is 0.484 e. The van der Waals surface area contributed by atoms with Crippen LogP contribution >= 0.6 is 0 Å². The minimum absolute atomic E-state index is 0.0312. The molecule has 0 atom stereocenters. The molecule has 0 saturated carbocycles. The van der Waals surface area contributed by atoms with E-state index < -0.39 is 37.4 Å². The van der Waals surface area contributed by atoms with Crippen LogP contribution in [0.1, 0.15) is 39.1 Å². The molecule has 0 fully saturated rings. The van der Waals surface area contributed by atoms with Crippen molar-refractivity contribution in [3.8, 4) is 11.5 Å². The lowest BCUT2D eigenvalue weighted by Gasteiger charge is -2.13. The van der Waals surface area contributed by atoms with E-state index >= 15 is 0 Å². The molecule has 14 heteroatoms. The number of amides is 2. The van der Waals surface area contributed by atoms with Crippen LogP contribution in [0.15, 0.2) is 42.5 Å². The van der Waals surface area contributed by atoms with Gasteiger partial charge in [0.2, 0.25) is 0 Å².